The molecule has 0 aliphatic carbocycles. The van der Waals surface area contributed by atoms with E-state index in [0.29, 0.717) is 0 Å². The van der Waals surface area contributed by atoms with Gasteiger partial charge in [-0.05, 0) is 87.1 Å². The molecule has 0 atom stereocenters. The smallest absolute Gasteiger partial charge is 0.137 e. The molecule has 11 rings (SSSR count). The van der Waals surface area contributed by atoms with E-state index in [4.69, 9.17) is 4.42 Å². The highest BCUT2D eigenvalue weighted by atomic mass is 32.1. The van der Waals surface area contributed by atoms with Crippen molar-refractivity contribution >= 4 is 81.3 Å². The highest BCUT2D eigenvalue weighted by molar-refractivity contribution is 7.26. The van der Waals surface area contributed by atoms with E-state index >= 15 is 0 Å². The van der Waals surface area contributed by atoms with Crippen LogP contribution in [0.3, 0.4) is 0 Å². The number of thiophene rings is 1. The first-order valence-electron chi connectivity index (χ1n) is 18.7. The third-order valence-electron chi connectivity index (χ3n) is 10.9. The van der Waals surface area contributed by atoms with Crippen LogP contribution in [-0.2, 0) is 0 Å². The predicted molar refractivity (Wildman–Crippen MR) is 235 cm³/mol. The molecule has 0 saturated heterocycles. The van der Waals surface area contributed by atoms with Gasteiger partial charge in [-0.2, -0.15) is 0 Å². The van der Waals surface area contributed by atoms with Gasteiger partial charge in [0.05, 0.1) is 5.69 Å². The molecule has 2 nitrogen and oxygen atoms in total. The number of nitrogens with zero attached hydrogens (tertiary/aromatic N) is 1. The van der Waals surface area contributed by atoms with E-state index in [1.807, 2.05) is 23.5 Å². The first kappa shape index (κ1) is 31.6. The van der Waals surface area contributed by atoms with Crippen LogP contribution in [0.5, 0.6) is 0 Å². The standard InChI is InChI=1S/C52H33NOS/c1-2-12-35(13-3-1)42-29-25-39(38-22-21-34-11-4-5-14-37(34)31-38)32-48(42)53(41-28-30-45-44-15-6-8-19-49(44)54-50(45)33-41)40-26-23-36(24-27-40)43-17-10-18-47-46-16-7-9-20-51(46)55-52(43)47/h1-33H. The summed E-state index contributed by atoms with van der Waals surface area (Å²) < 4.78 is 9.11. The second-order valence-corrected chi connectivity index (χ2v) is 15.2. The number of benzene rings is 9. The molecule has 0 radical (unpaired) electrons. The lowest BCUT2D eigenvalue weighted by molar-refractivity contribution is 0.669. The molecular formula is C52H33NOS. The zero-order chi connectivity index (χ0) is 36.3. The highest BCUT2D eigenvalue weighted by Gasteiger charge is 2.21. The number of para-hydroxylation sites is 1. The van der Waals surface area contributed by atoms with Gasteiger partial charge in [0.15, 0.2) is 0 Å². The Hall–Kier alpha value is -6.94. The van der Waals surface area contributed by atoms with Crippen molar-refractivity contribution in [2.75, 3.05) is 4.90 Å². The summed E-state index contributed by atoms with van der Waals surface area (Å²) in [5, 5.41) is 7.32. The quantitative estimate of drug-likeness (QED) is 0.170. The molecule has 55 heavy (non-hydrogen) atoms. The van der Waals surface area contributed by atoms with Crippen LogP contribution in [0, 0.1) is 0 Å². The first-order chi connectivity index (χ1) is 27.2. The molecule has 0 bridgehead atoms. The summed E-state index contributed by atoms with van der Waals surface area (Å²) in [5.74, 6) is 0. The molecule has 258 valence electrons. The van der Waals surface area contributed by atoms with Crippen LogP contribution < -0.4 is 4.90 Å². The zero-order valence-electron chi connectivity index (χ0n) is 29.8. The van der Waals surface area contributed by atoms with Crippen LogP contribution in [0.1, 0.15) is 0 Å². The number of anilines is 3. The third-order valence-corrected chi connectivity index (χ3v) is 12.1. The summed E-state index contributed by atoms with van der Waals surface area (Å²) >= 11 is 1.87. The summed E-state index contributed by atoms with van der Waals surface area (Å²) in [4.78, 5) is 2.39. The maximum atomic E-state index is 6.48. The van der Waals surface area contributed by atoms with Crippen molar-refractivity contribution in [3.05, 3.63) is 200 Å². The van der Waals surface area contributed by atoms with Crippen molar-refractivity contribution in [1.29, 1.82) is 0 Å². The van der Waals surface area contributed by atoms with Gasteiger partial charge in [-0.25, -0.2) is 0 Å². The van der Waals surface area contributed by atoms with E-state index in [2.05, 4.69) is 193 Å². The van der Waals surface area contributed by atoms with E-state index in [9.17, 15) is 0 Å². The van der Waals surface area contributed by atoms with Gasteiger partial charge in [0.1, 0.15) is 11.2 Å². The molecule has 3 heteroatoms. The van der Waals surface area contributed by atoms with E-state index in [1.165, 1.54) is 47.6 Å². The molecule has 0 saturated carbocycles. The lowest BCUT2D eigenvalue weighted by Gasteiger charge is -2.29. The molecule has 0 aliphatic heterocycles. The molecule has 11 aromatic rings. The van der Waals surface area contributed by atoms with Gasteiger partial charge in [-0.15, -0.1) is 11.3 Å². The topological polar surface area (TPSA) is 16.4 Å². The molecule has 0 aliphatic rings. The van der Waals surface area contributed by atoms with Crippen molar-refractivity contribution in [3.8, 4) is 33.4 Å². The molecular weight excluding hydrogens is 687 g/mol. The number of fused-ring (bicyclic) bond motifs is 7. The Kier molecular flexibility index (Phi) is 7.39. The molecule has 2 heterocycles. The van der Waals surface area contributed by atoms with Crippen LogP contribution in [0.25, 0.3) is 86.3 Å². The molecule has 0 unspecified atom stereocenters. The number of hydrogen-bond acceptors (Lipinski definition) is 3. The van der Waals surface area contributed by atoms with Gasteiger partial charge >= 0.3 is 0 Å². The van der Waals surface area contributed by atoms with Crippen LogP contribution in [-0.4, -0.2) is 0 Å². The van der Waals surface area contributed by atoms with Crippen molar-refractivity contribution in [3.63, 3.8) is 0 Å². The van der Waals surface area contributed by atoms with Crippen molar-refractivity contribution in [1.82, 2.24) is 0 Å². The number of furan rings is 1. The van der Waals surface area contributed by atoms with Crippen LogP contribution in [0.2, 0.25) is 0 Å². The summed E-state index contributed by atoms with van der Waals surface area (Å²) in [7, 11) is 0. The van der Waals surface area contributed by atoms with Crippen molar-refractivity contribution in [2.45, 2.75) is 0 Å². The van der Waals surface area contributed by atoms with Gasteiger partial charge in [-0.1, -0.05) is 146 Å². The SMILES string of the molecule is c1ccc(-c2ccc(-c3ccc4ccccc4c3)cc2N(c2ccc(-c3cccc4c3sc3ccccc34)cc2)c2ccc3c(c2)oc2ccccc23)cc1. The largest absolute Gasteiger partial charge is 0.456 e. The monoisotopic (exact) mass is 719 g/mol. The number of hydrogen-bond donors (Lipinski definition) is 0. The maximum absolute atomic E-state index is 6.48. The van der Waals surface area contributed by atoms with Gasteiger partial charge < -0.3 is 9.32 Å². The molecule has 0 N–H and O–H groups in total. The Morgan fingerprint density at radius 3 is 1.91 bits per heavy atom. The van der Waals surface area contributed by atoms with Gasteiger partial charge in [0.25, 0.3) is 0 Å². The number of rotatable bonds is 6. The highest BCUT2D eigenvalue weighted by Crippen LogP contribution is 2.46. The van der Waals surface area contributed by atoms with E-state index < -0.39 is 0 Å². The average Bonchev–Trinajstić information content (AvgIpc) is 3.82. The Morgan fingerprint density at radius 1 is 0.364 bits per heavy atom. The minimum absolute atomic E-state index is 0.865. The first-order valence-corrected chi connectivity index (χ1v) is 19.5. The molecule has 0 spiro atoms. The summed E-state index contributed by atoms with van der Waals surface area (Å²) in [5.41, 5.74) is 12.0. The van der Waals surface area contributed by atoms with Crippen LogP contribution in [0.15, 0.2) is 205 Å². The Labute approximate surface area is 322 Å². The Balaban J connectivity index is 1.12. The minimum atomic E-state index is 0.865. The molecule has 9 aromatic carbocycles. The minimum Gasteiger partial charge on any atom is -0.456 e. The van der Waals surface area contributed by atoms with E-state index in [1.54, 1.807) is 0 Å². The Morgan fingerprint density at radius 2 is 1.02 bits per heavy atom. The van der Waals surface area contributed by atoms with Crippen molar-refractivity contribution < 1.29 is 4.42 Å². The fourth-order valence-electron chi connectivity index (χ4n) is 8.17. The second kappa shape index (κ2) is 12.9. The normalized spacial score (nSPS) is 11.6. The molecule has 0 fully saturated rings. The lowest BCUT2D eigenvalue weighted by Crippen LogP contribution is -2.11. The summed E-state index contributed by atoms with van der Waals surface area (Å²) in [6, 6.07) is 72.3. The Bertz CT molecular complexity index is 3210. The third kappa shape index (κ3) is 5.40. The van der Waals surface area contributed by atoms with Gasteiger partial charge in [-0.3, -0.25) is 0 Å². The average molecular weight is 720 g/mol. The molecule has 2 aromatic heterocycles. The summed E-state index contributed by atoms with van der Waals surface area (Å²) in [6.45, 7) is 0. The van der Waals surface area contributed by atoms with Crippen LogP contribution >= 0.6 is 11.3 Å². The predicted octanol–water partition coefficient (Wildman–Crippen LogP) is 15.6. The van der Waals surface area contributed by atoms with E-state index in [-0.39, 0.29) is 0 Å². The fraction of sp³-hybridized carbons (Fsp3) is 0. The second-order valence-electron chi connectivity index (χ2n) is 14.1. The fourth-order valence-corrected chi connectivity index (χ4v) is 9.41. The van der Waals surface area contributed by atoms with Crippen LogP contribution in [0.4, 0.5) is 17.1 Å². The summed E-state index contributed by atoms with van der Waals surface area (Å²) in [6.07, 6.45) is 0. The molecule has 0 amide bonds. The van der Waals surface area contributed by atoms with Gasteiger partial charge in [0.2, 0.25) is 0 Å². The maximum Gasteiger partial charge on any atom is 0.137 e. The van der Waals surface area contributed by atoms with Gasteiger partial charge in [0, 0.05) is 53.9 Å². The van der Waals surface area contributed by atoms with E-state index in [0.717, 1.165) is 55.7 Å². The van der Waals surface area contributed by atoms with Crippen molar-refractivity contribution in [2.24, 2.45) is 0 Å². The lowest BCUT2D eigenvalue weighted by atomic mass is 9.95. The zero-order valence-corrected chi connectivity index (χ0v) is 30.6.